The van der Waals surface area contributed by atoms with Gasteiger partial charge in [-0.25, -0.2) is 4.79 Å². The number of rotatable bonds is 1. The van der Waals surface area contributed by atoms with Crippen molar-refractivity contribution in [1.82, 2.24) is 5.32 Å². The SMILES string of the molecule is O=C(O)C1=CCCCNC1. The Morgan fingerprint density at radius 1 is 1.70 bits per heavy atom. The standard InChI is InChI=1S/C7H11NO2/c9-7(10)6-3-1-2-4-8-5-6/h3,8H,1-2,4-5H2,(H,9,10). The van der Waals surface area contributed by atoms with Crippen molar-refractivity contribution in [3.05, 3.63) is 11.6 Å². The van der Waals surface area contributed by atoms with Crippen molar-refractivity contribution < 1.29 is 9.90 Å². The van der Waals surface area contributed by atoms with E-state index in [1.807, 2.05) is 0 Å². The van der Waals surface area contributed by atoms with E-state index < -0.39 is 5.97 Å². The van der Waals surface area contributed by atoms with Gasteiger partial charge >= 0.3 is 5.97 Å². The Balaban J connectivity index is 2.54. The van der Waals surface area contributed by atoms with Gasteiger partial charge in [0.05, 0.1) is 0 Å². The summed E-state index contributed by atoms with van der Waals surface area (Å²) in [4.78, 5) is 10.4. The lowest BCUT2D eigenvalue weighted by molar-refractivity contribution is -0.132. The Morgan fingerprint density at radius 3 is 3.20 bits per heavy atom. The van der Waals surface area contributed by atoms with Crippen molar-refractivity contribution in [1.29, 1.82) is 0 Å². The van der Waals surface area contributed by atoms with Crippen LogP contribution in [0.25, 0.3) is 0 Å². The fourth-order valence-corrected chi connectivity index (χ4v) is 0.962. The zero-order chi connectivity index (χ0) is 7.40. The summed E-state index contributed by atoms with van der Waals surface area (Å²) in [5.74, 6) is -0.797. The van der Waals surface area contributed by atoms with E-state index in [0.29, 0.717) is 12.1 Å². The Labute approximate surface area is 59.7 Å². The fraction of sp³-hybridized carbons (Fsp3) is 0.571. The highest BCUT2D eigenvalue weighted by molar-refractivity contribution is 5.87. The van der Waals surface area contributed by atoms with Crippen LogP contribution in [0.3, 0.4) is 0 Å². The zero-order valence-corrected chi connectivity index (χ0v) is 5.76. The van der Waals surface area contributed by atoms with Gasteiger partial charge in [0.15, 0.2) is 0 Å². The summed E-state index contributed by atoms with van der Waals surface area (Å²) in [5, 5.41) is 11.6. The molecule has 0 amide bonds. The van der Waals surface area contributed by atoms with Crippen LogP contribution in [-0.4, -0.2) is 24.2 Å². The molecule has 3 heteroatoms. The summed E-state index contributed by atoms with van der Waals surface area (Å²) >= 11 is 0. The molecule has 1 aliphatic heterocycles. The highest BCUT2D eigenvalue weighted by Gasteiger charge is 2.07. The smallest absolute Gasteiger partial charge is 0.332 e. The highest BCUT2D eigenvalue weighted by atomic mass is 16.4. The first-order chi connectivity index (χ1) is 4.80. The molecule has 3 nitrogen and oxygen atoms in total. The van der Waals surface area contributed by atoms with Crippen molar-refractivity contribution in [2.24, 2.45) is 0 Å². The highest BCUT2D eigenvalue weighted by Crippen LogP contribution is 2.01. The average Bonchev–Trinajstić information content (AvgIpc) is 2.12. The van der Waals surface area contributed by atoms with E-state index in [9.17, 15) is 4.79 Å². The molecule has 0 unspecified atom stereocenters. The number of hydrogen-bond donors (Lipinski definition) is 2. The summed E-state index contributed by atoms with van der Waals surface area (Å²) in [6.07, 6.45) is 3.72. The molecule has 1 aliphatic rings. The average molecular weight is 141 g/mol. The minimum Gasteiger partial charge on any atom is -0.478 e. The Hall–Kier alpha value is -0.830. The van der Waals surface area contributed by atoms with Crippen LogP contribution in [0.1, 0.15) is 12.8 Å². The van der Waals surface area contributed by atoms with Gasteiger partial charge in [0.1, 0.15) is 0 Å². The molecule has 0 aromatic heterocycles. The van der Waals surface area contributed by atoms with Crippen LogP contribution in [0.2, 0.25) is 0 Å². The first kappa shape index (κ1) is 7.28. The lowest BCUT2D eigenvalue weighted by Gasteiger charge is -1.98. The minimum atomic E-state index is -0.797. The molecule has 0 radical (unpaired) electrons. The molecule has 0 fully saturated rings. The summed E-state index contributed by atoms with van der Waals surface area (Å²) in [6.45, 7) is 1.43. The second kappa shape index (κ2) is 3.37. The van der Waals surface area contributed by atoms with Gasteiger partial charge in [0, 0.05) is 12.1 Å². The number of carboxylic acid groups (broad SMARTS) is 1. The third-order valence-electron chi connectivity index (χ3n) is 1.54. The molecule has 0 saturated heterocycles. The Morgan fingerprint density at radius 2 is 2.50 bits per heavy atom. The molecule has 2 N–H and O–H groups in total. The fourth-order valence-electron chi connectivity index (χ4n) is 0.962. The molecule has 0 aromatic carbocycles. The number of aliphatic carboxylic acids is 1. The minimum absolute atomic E-state index is 0.498. The van der Waals surface area contributed by atoms with Gasteiger partial charge in [-0.15, -0.1) is 0 Å². The van der Waals surface area contributed by atoms with Gasteiger partial charge < -0.3 is 10.4 Å². The number of carboxylic acids is 1. The predicted octanol–water partition coefficient (Wildman–Crippen LogP) is 0.381. The van der Waals surface area contributed by atoms with Crippen molar-refractivity contribution in [3.8, 4) is 0 Å². The summed E-state index contributed by atoms with van der Waals surface area (Å²) < 4.78 is 0. The predicted molar refractivity (Wildman–Crippen MR) is 37.8 cm³/mol. The molecule has 0 spiro atoms. The molecule has 0 aromatic rings. The quantitative estimate of drug-likeness (QED) is 0.555. The summed E-state index contributed by atoms with van der Waals surface area (Å²) in [6, 6.07) is 0. The molecular formula is C7H11NO2. The third-order valence-corrected chi connectivity index (χ3v) is 1.54. The maximum atomic E-state index is 10.4. The Bertz CT molecular complexity index is 163. The first-order valence-corrected chi connectivity index (χ1v) is 3.44. The normalized spacial score (nSPS) is 19.4. The largest absolute Gasteiger partial charge is 0.478 e. The van der Waals surface area contributed by atoms with Crippen LogP contribution in [0.4, 0.5) is 0 Å². The number of nitrogens with one attached hydrogen (secondary N) is 1. The summed E-state index contributed by atoms with van der Waals surface area (Å²) in [5.41, 5.74) is 0.498. The molecule has 56 valence electrons. The maximum absolute atomic E-state index is 10.4. The third kappa shape index (κ3) is 1.84. The molecule has 0 aliphatic carbocycles. The van der Waals surface area contributed by atoms with Crippen LogP contribution in [0, 0.1) is 0 Å². The van der Waals surface area contributed by atoms with Crippen LogP contribution in [0.5, 0.6) is 0 Å². The van der Waals surface area contributed by atoms with Crippen molar-refractivity contribution >= 4 is 5.97 Å². The number of hydrogen-bond acceptors (Lipinski definition) is 2. The van der Waals surface area contributed by atoms with Crippen LogP contribution < -0.4 is 5.32 Å². The van der Waals surface area contributed by atoms with E-state index in [0.717, 1.165) is 19.4 Å². The van der Waals surface area contributed by atoms with E-state index in [4.69, 9.17) is 5.11 Å². The molecular weight excluding hydrogens is 130 g/mol. The van der Waals surface area contributed by atoms with E-state index in [-0.39, 0.29) is 0 Å². The molecule has 1 rings (SSSR count). The van der Waals surface area contributed by atoms with E-state index >= 15 is 0 Å². The van der Waals surface area contributed by atoms with Crippen molar-refractivity contribution in [2.45, 2.75) is 12.8 Å². The van der Waals surface area contributed by atoms with Crippen LogP contribution in [-0.2, 0) is 4.79 Å². The second-order valence-electron chi connectivity index (χ2n) is 2.35. The van der Waals surface area contributed by atoms with Gasteiger partial charge in [-0.05, 0) is 19.4 Å². The lowest BCUT2D eigenvalue weighted by Crippen LogP contribution is -2.19. The Kier molecular flexibility index (Phi) is 2.45. The molecule has 0 atom stereocenters. The zero-order valence-electron chi connectivity index (χ0n) is 5.76. The second-order valence-corrected chi connectivity index (χ2v) is 2.35. The topological polar surface area (TPSA) is 49.3 Å². The first-order valence-electron chi connectivity index (χ1n) is 3.44. The molecule has 0 saturated carbocycles. The monoisotopic (exact) mass is 141 g/mol. The van der Waals surface area contributed by atoms with Gasteiger partial charge in [-0.2, -0.15) is 0 Å². The van der Waals surface area contributed by atoms with Gasteiger partial charge in [-0.1, -0.05) is 6.08 Å². The lowest BCUT2D eigenvalue weighted by atomic mass is 10.2. The molecule has 10 heavy (non-hydrogen) atoms. The van der Waals surface area contributed by atoms with Gasteiger partial charge in [-0.3, -0.25) is 0 Å². The van der Waals surface area contributed by atoms with Gasteiger partial charge in [0.2, 0.25) is 0 Å². The van der Waals surface area contributed by atoms with Gasteiger partial charge in [0.25, 0.3) is 0 Å². The maximum Gasteiger partial charge on any atom is 0.332 e. The summed E-state index contributed by atoms with van der Waals surface area (Å²) in [7, 11) is 0. The molecule has 1 heterocycles. The number of carbonyl (C=O) groups is 1. The van der Waals surface area contributed by atoms with Crippen LogP contribution in [0.15, 0.2) is 11.6 Å². The van der Waals surface area contributed by atoms with E-state index in [1.165, 1.54) is 0 Å². The molecule has 0 bridgehead atoms. The van der Waals surface area contributed by atoms with Crippen LogP contribution >= 0.6 is 0 Å². The van der Waals surface area contributed by atoms with E-state index in [1.54, 1.807) is 6.08 Å². The number of allylic oxidation sites excluding steroid dienone is 1. The van der Waals surface area contributed by atoms with E-state index in [2.05, 4.69) is 5.32 Å². The van der Waals surface area contributed by atoms with Crippen molar-refractivity contribution in [2.75, 3.05) is 13.1 Å². The van der Waals surface area contributed by atoms with Crippen molar-refractivity contribution in [3.63, 3.8) is 0 Å².